The van der Waals surface area contributed by atoms with Gasteiger partial charge in [-0.05, 0) is 12.1 Å². The zero-order valence-corrected chi connectivity index (χ0v) is 12.6. The molecule has 24 heavy (non-hydrogen) atoms. The molecule has 9 heteroatoms. The van der Waals surface area contributed by atoms with Gasteiger partial charge in [-0.2, -0.15) is 0 Å². The summed E-state index contributed by atoms with van der Waals surface area (Å²) in [5, 5.41) is 10.9. The number of amides is 2. The lowest BCUT2D eigenvalue weighted by Gasteiger charge is -2.29. The van der Waals surface area contributed by atoms with Crippen molar-refractivity contribution in [1.82, 2.24) is 5.32 Å². The van der Waals surface area contributed by atoms with E-state index < -0.39 is 30.8 Å². The van der Waals surface area contributed by atoms with Gasteiger partial charge in [0.05, 0.1) is 5.69 Å². The van der Waals surface area contributed by atoms with E-state index in [0.717, 1.165) is 0 Å². The summed E-state index contributed by atoms with van der Waals surface area (Å²) in [6, 6.07) is 5.11. The third kappa shape index (κ3) is 4.40. The first-order valence-electron chi connectivity index (χ1n) is 7.21. The molecule has 1 atom stereocenters. The van der Waals surface area contributed by atoms with Gasteiger partial charge in [-0.3, -0.25) is 9.59 Å². The molecule has 0 radical (unpaired) electrons. The van der Waals surface area contributed by atoms with E-state index in [-0.39, 0.29) is 25.5 Å². The van der Waals surface area contributed by atoms with Crippen molar-refractivity contribution in [2.45, 2.75) is 25.3 Å². The molecule has 2 rings (SSSR count). The number of para-hydroxylation sites is 2. The van der Waals surface area contributed by atoms with Crippen molar-refractivity contribution in [3.63, 3.8) is 0 Å². The summed E-state index contributed by atoms with van der Waals surface area (Å²) in [5.74, 6) is -2.10. The fourth-order valence-electron chi connectivity index (χ4n) is 2.28. The first-order chi connectivity index (χ1) is 11.4. The molecule has 1 aromatic carbocycles. The highest BCUT2D eigenvalue weighted by Crippen LogP contribution is 2.31. The number of nitrogens with one attached hydrogen (secondary N) is 1. The molecule has 7 nitrogen and oxygen atoms in total. The second-order valence-corrected chi connectivity index (χ2v) is 5.14. The maximum atomic E-state index is 12.3. The third-order valence-corrected chi connectivity index (χ3v) is 3.42. The average Bonchev–Trinajstić information content (AvgIpc) is 2.52. The quantitative estimate of drug-likeness (QED) is 0.771. The molecule has 2 amide bonds. The number of ether oxygens (including phenoxy) is 1. The van der Waals surface area contributed by atoms with Gasteiger partial charge in [0.25, 0.3) is 5.91 Å². The summed E-state index contributed by atoms with van der Waals surface area (Å²) in [7, 11) is 0. The molecule has 1 aliphatic rings. The molecule has 0 aliphatic carbocycles. The average molecular weight is 342 g/mol. The van der Waals surface area contributed by atoms with Crippen molar-refractivity contribution >= 4 is 23.5 Å². The minimum atomic E-state index is -2.85. The zero-order chi connectivity index (χ0) is 17.7. The summed E-state index contributed by atoms with van der Waals surface area (Å²) in [6.45, 7) is -0.173. The first kappa shape index (κ1) is 17.6. The fourth-order valence-corrected chi connectivity index (χ4v) is 2.28. The van der Waals surface area contributed by atoms with Crippen LogP contribution in [-0.2, 0) is 14.4 Å². The highest BCUT2D eigenvalue weighted by atomic mass is 19.3. The number of rotatable bonds is 7. The van der Waals surface area contributed by atoms with E-state index in [9.17, 15) is 23.2 Å². The summed E-state index contributed by atoms with van der Waals surface area (Å²) < 4.78 is 29.9. The normalized spacial score (nSPS) is 14.8. The summed E-state index contributed by atoms with van der Waals surface area (Å²) in [6.07, 6.45) is -4.04. The van der Waals surface area contributed by atoms with Crippen LogP contribution in [0.25, 0.3) is 0 Å². The van der Waals surface area contributed by atoms with Crippen LogP contribution in [0.15, 0.2) is 24.3 Å². The molecular formula is C15H16F2N2O5. The standard InChI is InChI=1S/C15H16F2N2O5/c16-12(17)7-9(15(22)23)18-13(20)5-6-19-10-3-1-2-4-11(10)24-8-14(19)21/h1-4,9,12H,5-8H2,(H,18,20)(H,22,23). The third-order valence-electron chi connectivity index (χ3n) is 3.42. The molecule has 0 bridgehead atoms. The van der Waals surface area contributed by atoms with E-state index in [4.69, 9.17) is 9.84 Å². The molecular weight excluding hydrogens is 326 g/mol. The van der Waals surface area contributed by atoms with Crippen LogP contribution in [0, 0.1) is 0 Å². The van der Waals surface area contributed by atoms with Crippen molar-refractivity contribution in [3.05, 3.63) is 24.3 Å². The predicted molar refractivity (Wildman–Crippen MR) is 79.1 cm³/mol. The van der Waals surface area contributed by atoms with Gasteiger partial charge in [0, 0.05) is 19.4 Å². The van der Waals surface area contributed by atoms with Crippen LogP contribution in [0.3, 0.4) is 0 Å². The Balaban J connectivity index is 1.96. The van der Waals surface area contributed by atoms with E-state index in [1.165, 1.54) is 4.90 Å². The van der Waals surface area contributed by atoms with Crippen LogP contribution in [0.4, 0.5) is 14.5 Å². The van der Waals surface area contributed by atoms with Crippen molar-refractivity contribution in [3.8, 4) is 5.75 Å². The lowest BCUT2D eigenvalue weighted by molar-refractivity contribution is -0.143. The molecule has 1 heterocycles. The lowest BCUT2D eigenvalue weighted by atomic mass is 10.2. The first-order valence-corrected chi connectivity index (χ1v) is 7.21. The summed E-state index contributed by atoms with van der Waals surface area (Å²) >= 11 is 0. The van der Waals surface area contributed by atoms with E-state index in [0.29, 0.717) is 11.4 Å². The molecule has 1 aliphatic heterocycles. The number of anilines is 1. The Kier molecular flexibility index (Phi) is 5.67. The van der Waals surface area contributed by atoms with E-state index in [1.54, 1.807) is 24.3 Å². The van der Waals surface area contributed by atoms with Gasteiger partial charge in [0.15, 0.2) is 6.61 Å². The molecule has 0 fully saturated rings. The van der Waals surface area contributed by atoms with Crippen molar-refractivity contribution in [1.29, 1.82) is 0 Å². The number of aliphatic carboxylic acids is 1. The number of hydrogen-bond acceptors (Lipinski definition) is 4. The van der Waals surface area contributed by atoms with Crippen LogP contribution in [0.5, 0.6) is 5.75 Å². The number of nitrogens with zero attached hydrogens (tertiary/aromatic N) is 1. The second-order valence-electron chi connectivity index (χ2n) is 5.14. The second kappa shape index (κ2) is 7.71. The lowest BCUT2D eigenvalue weighted by Crippen LogP contribution is -2.45. The summed E-state index contributed by atoms with van der Waals surface area (Å²) in [4.78, 5) is 35.9. The molecule has 0 spiro atoms. The minimum absolute atomic E-state index is 0.00788. The van der Waals surface area contributed by atoms with E-state index in [1.807, 2.05) is 5.32 Å². The maximum Gasteiger partial charge on any atom is 0.326 e. The van der Waals surface area contributed by atoms with Gasteiger partial charge in [-0.1, -0.05) is 12.1 Å². The minimum Gasteiger partial charge on any atom is -0.482 e. The Labute approximate surface area is 136 Å². The Bertz CT molecular complexity index is 638. The van der Waals surface area contributed by atoms with Gasteiger partial charge in [0.2, 0.25) is 12.3 Å². The number of carbonyl (C=O) groups is 3. The van der Waals surface area contributed by atoms with E-state index >= 15 is 0 Å². The number of fused-ring (bicyclic) bond motifs is 1. The Hall–Kier alpha value is -2.71. The monoisotopic (exact) mass is 342 g/mol. The maximum absolute atomic E-state index is 12.3. The van der Waals surface area contributed by atoms with Crippen molar-refractivity contribution in [2.24, 2.45) is 0 Å². The fraction of sp³-hybridized carbons (Fsp3) is 0.400. The molecule has 0 aromatic heterocycles. The van der Waals surface area contributed by atoms with Gasteiger partial charge in [0.1, 0.15) is 11.8 Å². The zero-order valence-electron chi connectivity index (χ0n) is 12.6. The Morgan fingerprint density at radius 3 is 2.71 bits per heavy atom. The number of carboxylic acids is 1. The molecule has 1 unspecified atom stereocenters. The highest BCUT2D eigenvalue weighted by molar-refractivity contribution is 5.98. The van der Waals surface area contributed by atoms with Gasteiger partial charge < -0.3 is 20.1 Å². The Morgan fingerprint density at radius 1 is 1.33 bits per heavy atom. The summed E-state index contributed by atoms with van der Waals surface area (Å²) in [5.41, 5.74) is 0.504. The molecule has 2 N–H and O–H groups in total. The smallest absolute Gasteiger partial charge is 0.326 e. The molecule has 1 aromatic rings. The number of benzene rings is 1. The van der Waals surface area contributed by atoms with Crippen LogP contribution < -0.4 is 15.0 Å². The number of carboxylic acid groups (broad SMARTS) is 1. The van der Waals surface area contributed by atoms with Crippen molar-refractivity contribution in [2.75, 3.05) is 18.1 Å². The van der Waals surface area contributed by atoms with Crippen LogP contribution in [0.2, 0.25) is 0 Å². The Morgan fingerprint density at radius 2 is 2.04 bits per heavy atom. The molecule has 130 valence electrons. The SMILES string of the molecule is O=C(CCN1C(=O)COc2ccccc21)NC(CC(F)F)C(=O)O. The largest absolute Gasteiger partial charge is 0.482 e. The van der Waals surface area contributed by atoms with Gasteiger partial charge in [-0.15, -0.1) is 0 Å². The van der Waals surface area contributed by atoms with Gasteiger partial charge in [-0.25, -0.2) is 13.6 Å². The topological polar surface area (TPSA) is 95.9 Å². The van der Waals surface area contributed by atoms with E-state index in [2.05, 4.69) is 0 Å². The molecule has 0 saturated heterocycles. The molecule has 0 saturated carbocycles. The predicted octanol–water partition coefficient (Wildman–Crippen LogP) is 1.03. The van der Waals surface area contributed by atoms with Gasteiger partial charge >= 0.3 is 5.97 Å². The highest BCUT2D eigenvalue weighted by Gasteiger charge is 2.27. The van der Waals surface area contributed by atoms with Crippen LogP contribution >= 0.6 is 0 Å². The number of carbonyl (C=O) groups excluding carboxylic acids is 2. The van der Waals surface area contributed by atoms with Crippen LogP contribution in [-0.4, -0.2) is 48.5 Å². The van der Waals surface area contributed by atoms with Crippen LogP contribution in [0.1, 0.15) is 12.8 Å². The number of hydrogen-bond donors (Lipinski definition) is 2. The number of halogens is 2. The van der Waals surface area contributed by atoms with Crippen molar-refractivity contribution < 1.29 is 33.0 Å². The number of alkyl halides is 2.